The summed E-state index contributed by atoms with van der Waals surface area (Å²) in [6.45, 7) is 3.27. The Kier molecular flexibility index (Phi) is 27.8. The van der Waals surface area contributed by atoms with Crippen molar-refractivity contribution in [3.05, 3.63) is 85.1 Å². The first-order valence-corrected chi connectivity index (χ1v) is 16.0. The van der Waals surface area contributed by atoms with Crippen LogP contribution in [0.3, 0.4) is 0 Å². The van der Waals surface area contributed by atoms with Crippen LogP contribution >= 0.6 is 21.6 Å². The van der Waals surface area contributed by atoms with Crippen molar-refractivity contribution in [2.24, 2.45) is 0 Å². The molecule has 0 saturated carbocycles. The van der Waals surface area contributed by atoms with Crippen molar-refractivity contribution in [2.45, 2.75) is 58.3 Å². The molecular weight excluding hydrogens is 528 g/mol. The molecule has 0 saturated heterocycles. The van der Waals surface area contributed by atoms with Crippen LogP contribution in [0.25, 0.3) is 0 Å². The Bertz CT molecular complexity index is 859. The number of allylic oxidation sites excluding steroid dienone is 12. The summed E-state index contributed by atoms with van der Waals surface area (Å²) >= 11 is 0. The van der Waals surface area contributed by atoms with Gasteiger partial charge in [-0.15, -0.1) is 0 Å². The van der Waals surface area contributed by atoms with E-state index in [-0.39, 0.29) is 11.8 Å². The smallest absolute Gasteiger partial charge is 0.330 e. The van der Waals surface area contributed by atoms with E-state index >= 15 is 0 Å². The van der Waals surface area contributed by atoms with Gasteiger partial charge in [-0.25, -0.2) is 4.79 Å². The van der Waals surface area contributed by atoms with Crippen molar-refractivity contribution in [1.82, 2.24) is 10.6 Å². The lowest BCUT2D eigenvalue weighted by molar-refractivity contribution is -0.135. The summed E-state index contributed by atoms with van der Waals surface area (Å²) in [6, 6.07) is 0. The second kappa shape index (κ2) is 29.8. The predicted molar refractivity (Wildman–Crippen MR) is 170 cm³/mol. The third-order valence-corrected chi connectivity index (χ3v) is 7.19. The van der Waals surface area contributed by atoms with E-state index in [2.05, 4.69) is 95.2 Å². The zero-order valence-electron chi connectivity index (χ0n) is 23.5. The fourth-order valence-electron chi connectivity index (χ4n) is 2.78. The predicted octanol–water partition coefficient (Wildman–Crippen LogP) is 6.81. The number of carbonyl (C=O) groups is 3. The van der Waals surface area contributed by atoms with Crippen molar-refractivity contribution in [3.63, 3.8) is 0 Å². The Morgan fingerprint density at radius 3 is 1.59 bits per heavy atom. The van der Waals surface area contributed by atoms with Gasteiger partial charge in [0, 0.05) is 43.2 Å². The number of hydrogen-bond donors (Lipinski definition) is 2. The number of amides is 2. The maximum atomic E-state index is 11.9. The minimum absolute atomic E-state index is 0.0600. The SMILES string of the molecule is CC/C=C\C/C=C\C/C=C\C/C=C\C/C=C\C/C=C\CCC(=O)NCCSSCCNC(=O)/C=C/C(=O)OC. The van der Waals surface area contributed by atoms with Crippen LogP contribution in [-0.4, -0.2) is 49.5 Å². The van der Waals surface area contributed by atoms with Gasteiger partial charge in [0.1, 0.15) is 0 Å². The highest BCUT2D eigenvalue weighted by Gasteiger charge is 2.00. The molecule has 0 aliphatic rings. The molecule has 6 nitrogen and oxygen atoms in total. The highest BCUT2D eigenvalue weighted by atomic mass is 33.1. The normalized spacial score (nSPS) is 12.4. The quantitative estimate of drug-likeness (QED) is 0.0459. The molecule has 8 heteroatoms. The maximum Gasteiger partial charge on any atom is 0.330 e. The summed E-state index contributed by atoms with van der Waals surface area (Å²) in [5.74, 6) is 0.704. The third kappa shape index (κ3) is 29.7. The third-order valence-electron chi connectivity index (χ3n) is 4.78. The summed E-state index contributed by atoms with van der Waals surface area (Å²) < 4.78 is 4.42. The fourth-order valence-corrected chi connectivity index (χ4v) is 4.59. The maximum absolute atomic E-state index is 11.9. The van der Waals surface area contributed by atoms with E-state index in [9.17, 15) is 14.4 Å². The molecule has 0 bridgehead atoms. The van der Waals surface area contributed by atoms with Crippen LogP contribution in [0, 0.1) is 0 Å². The molecule has 0 fully saturated rings. The van der Waals surface area contributed by atoms with Gasteiger partial charge in [-0.2, -0.15) is 0 Å². The van der Waals surface area contributed by atoms with Crippen LogP contribution in [0.2, 0.25) is 0 Å². The van der Waals surface area contributed by atoms with Gasteiger partial charge in [-0.1, -0.05) is 101 Å². The van der Waals surface area contributed by atoms with Gasteiger partial charge in [0.2, 0.25) is 11.8 Å². The summed E-state index contributed by atoms with van der Waals surface area (Å²) in [5, 5.41) is 5.60. The Morgan fingerprint density at radius 1 is 0.641 bits per heavy atom. The molecule has 0 aliphatic carbocycles. The van der Waals surface area contributed by atoms with Crippen molar-refractivity contribution < 1.29 is 19.1 Å². The van der Waals surface area contributed by atoms with Gasteiger partial charge in [-0.3, -0.25) is 9.59 Å². The number of esters is 1. The Morgan fingerprint density at radius 2 is 1.10 bits per heavy atom. The zero-order valence-corrected chi connectivity index (χ0v) is 25.2. The first kappa shape index (κ1) is 36.3. The lowest BCUT2D eigenvalue weighted by Gasteiger charge is -2.04. The van der Waals surface area contributed by atoms with Gasteiger partial charge in [0.25, 0.3) is 0 Å². The number of carbonyl (C=O) groups excluding carboxylic acids is 3. The molecular formula is C31H46N2O4S2. The Labute approximate surface area is 243 Å². The number of ether oxygens (including phenoxy) is 1. The van der Waals surface area contributed by atoms with E-state index in [0.717, 1.165) is 68.6 Å². The Balaban J connectivity index is 3.57. The van der Waals surface area contributed by atoms with Crippen molar-refractivity contribution in [2.75, 3.05) is 31.7 Å². The summed E-state index contributed by atoms with van der Waals surface area (Å²) in [6.07, 6.45) is 35.4. The highest BCUT2D eigenvalue weighted by molar-refractivity contribution is 8.76. The molecule has 39 heavy (non-hydrogen) atoms. The van der Waals surface area contributed by atoms with Crippen molar-refractivity contribution in [3.8, 4) is 0 Å². The fraction of sp³-hybridized carbons (Fsp3) is 0.452. The first-order valence-electron chi connectivity index (χ1n) is 13.5. The molecule has 0 unspecified atom stereocenters. The standard InChI is InChI=1S/C31H46N2O4S2/c1-3-4-5-6-7-8-9-10-11-12-13-14-15-16-17-18-19-20-21-22-29(34)32-25-27-38-39-28-26-33-30(35)23-24-31(36)37-2/h4-5,7-8,10-11,13-14,16-17,19-20,23-24H,3,6,9,12,15,18,21-22,25-28H2,1-2H3,(H,32,34)(H,33,35)/b5-4-,8-7-,11-10-,14-13-,17-16-,20-19-,24-23+. The molecule has 0 aromatic carbocycles. The van der Waals surface area contributed by atoms with E-state index < -0.39 is 5.97 Å². The van der Waals surface area contributed by atoms with E-state index in [1.165, 1.54) is 7.11 Å². The van der Waals surface area contributed by atoms with E-state index in [0.29, 0.717) is 19.5 Å². The van der Waals surface area contributed by atoms with Gasteiger partial charge >= 0.3 is 5.97 Å². The van der Waals surface area contributed by atoms with Gasteiger partial charge < -0.3 is 15.4 Å². The highest BCUT2D eigenvalue weighted by Crippen LogP contribution is 2.19. The van der Waals surface area contributed by atoms with Crippen molar-refractivity contribution in [1.29, 1.82) is 0 Å². The molecule has 2 amide bonds. The monoisotopic (exact) mass is 574 g/mol. The van der Waals surface area contributed by atoms with Crippen LogP contribution in [0.4, 0.5) is 0 Å². The van der Waals surface area contributed by atoms with Gasteiger partial charge in [0.15, 0.2) is 0 Å². The average Bonchev–Trinajstić information content (AvgIpc) is 2.94. The molecule has 0 heterocycles. The molecule has 0 spiro atoms. The second-order valence-electron chi connectivity index (χ2n) is 8.10. The van der Waals surface area contributed by atoms with Crippen LogP contribution in [0.5, 0.6) is 0 Å². The van der Waals surface area contributed by atoms with E-state index in [1.807, 2.05) is 0 Å². The van der Waals surface area contributed by atoms with Crippen LogP contribution in [0.15, 0.2) is 85.1 Å². The molecule has 0 radical (unpaired) electrons. The molecule has 0 rings (SSSR count). The van der Waals surface area contributed by atoms with E-state index in [1.54, 1.807) is 21.6 Å². The second-order valence-corrected chi connectivity index (χ2v) is 10.8. The molecule has 0 aromatic heterocycles. The van der Waals surface area contributed by atoms with Crippen LogP contribution < -0.4 is 10.6 Å². The minimum Gasteiger partial charge on any atom is -0.466 e. The van der Waals surface area contributed by atoms with Crippen LogP contribution in [0.1, 0.15) is 58.3 Å². The Hall–Kier alpha value is -2.71. The lowest BCUT2D eigenvalue weighted by Crippen LogP contribution is -2.25. The number of hydrogen-bond acceptors (Lipinski definition) is 6. The molecule has 0 aromatic rings. The lowest BCUT2D eigenvalue weighted by atomic mass is 10.2. The number of methoxy groups -OCH3 is 1. The summed E-state index contributed by atoms with van der Waals surface area (Å²) in [5.41, 5.74) is 0. The molecule has 0 aliphatic heterocycles. The first-order chi connectivity index (χ1) is 19.1. The minimum atomic E-state index is -0.561. The molecule has 0 atom stereocenters. The van der Waals surface area contributed by atoms with Gasteiger partial charge in [-0.05, 0) is 44.9 Å². The molecule has 216 valence electrons. The average molecular weight is 575 g/mol. The summed E-state index contributed by atoms with van der Waals surface area (Å²) in [4.78, 5) is 34.3. The number of rotatable bonds is 23. The largest absolute Gasteiger partial charge is 0.466 e. The van der Waals surface area contributed by atoms with Crippen LogP contribution in [-0.2, 0) is 19.1 Å². The summed E-state index contributed by atoms with van der Waals surface area (Å²) in [7, 11) is 4.53. The van der Waals surface area contributed by atoms with Gasteiger partial charge in [0.05, 0.1) is 7.11 Å². The topological polar surface area (TPSA) is 84.5 Å². The molecule has 2 N–H and O–H groups in total. The number of nitrogens with one attached hydrogen (secondary N) is 2. The van der Waals surface area contributed by atoms with Crippen molar-refractivity contribution >= 4 is 39.4 Å². The van der Waals surface area contributed by atoms with E-state index in [4.69, 9.17) is 0 Å². The zero-order chi connectivity index (χ0) is 28.7.